The molecule has 28 heavy (non-hydrogen) atoms. The van der Waals surface area contributed by atoms with Gasteiger partial charge in [0.2, 0.25) is 0 Å². The molecular weight excluding hydrogens is 379 g/mol. The number of sulfone groups is 1. The fourth-order valence-corrected chi connectivity index (χ4v) is 3.45. The second kappa shape index (κ2) is 7.90. The van der Waals surface area contributed by atoms with Gasteiger partial charge in [-0.3, -0.25) is 4.79 Å². The minimum absolute atomic E-state index is 0.189. The Bertz CT molecular complexity index is 1180. The van der Waals surface area contributed by atoms with Crippen molar-refractivity contribution >= 4 is 9.84 Å². The molecule has 3 rings (SSSR count). The van der Waals surface area contributed by atoms with Gasteiger partial charge in [0.05, 0.1) is 23.2 Å². The lowest BCUT2D eigenvalue weighted by Gasteiger charge is -2.12. The van der Waals surface area contributed by atoms with E-state index in [9.17, 15) is 17.6 Å². The Morgan fingerprint density at radius 3 is 2.21 bits per heavy atom. The van der Waals surface area contributed by atoms with E-state index in [-0.39, 0.29) is 10.5 Å². The zero-order valence-corrected chi connectivity index (χ0v) is 16.3. The molecule has 7 heteroatoms. The van der Waals surface area contributed by atoms with Gasteiger partial charge in [-0.05, 0) is 42.3 Å². The van der Waals surface area contributed by atoms with Crippen LogP contribution in [0.2, 0.25) is 0 Å². The number of allylic oxidation sites excluding steroid dienone is 2. The molecule has 2 aromatic carbocycles. The van der Waals surface area contributed by atoms with Crippen LogP contribution in [0.15, 0.2) is 76.6 Å². The molecule has 0 aliphatic carbocycles. The molecular formula is C21H19FN2O3S. The van der Waals surface area contributed by atoms with E-state index in [2.05, 4.69) is 5.10 Å². The van der Waals surface area contributed by atoms with Crippen molar-refractivity contribution in [2.45, 2.75) is 18.4 Å². The highest BCUT2D eigenvalue weighted by molar-refractivity contribution is 7.90. The molecule has 0 radical (unpaired) electrons. The quantitative estimate of drug-likeness (QED) is 0.615. The predicted octanol–water partition coefficient (Wildman–Crippen LogP) is 3.70. The number of benzene rings is 2. The Hall–Kier alpha value is -3.06. The minimum Gasteiger partial charge on any atom is -0.267 e. The largest absolute Gasteiger partial charge is 0.275 e. The summed E-state index contributed by atoms with van der Waals surface area (Å²) < 4.78 is 38.1. The summed E-state index contributed by atoms with van der Waals surface area (Å²) in [6, 6.07) is 11.9. The fraction of sp³-hybridized carbons (Fsp3) is 0.143. The first-order valence-corrected chi connectivity index (χ1v) is 10.5. The monoisotopic (exact) mass is 398 g/mol. The maximum atomic E-state index is 13.4. The molecule has 0 N–H and O–H groups in total. The molecule has 3 aromatic rings. The highest BCUT2D eigenvalue weighted by Gasteiger charge is 2.16. The van der Waals surface area contributed by atoms with Crippen molar-refractivity contribution in [3.05, 3.63) is 83.1 Å². The van der Waals surface area contributed by atoms with Crippen LogP contribution in [0.5, 0.6) is 0 Å². The third-order valence-electron chi connectivity index (χ3n) is 4.28. The van der Waals surface area contributed by atoms with E-state index in [1.165, 1.54) is 28.9 Å². The topological polar surface area (TPSA) is 69.0 Å². The number of halogens is 1. The lowest BCUT2D eigenvalue weighted by atomic mass is 9.97. The van der Waals surface area contributed by atoms with Crippen molar-refractivity contribution < 1.29 is 12.8 Å². The lowest BCUT2D eigenvalue weighted by molar-refractivity contribution is 0.602. The van der Waals surface area contributed by atoms with Crippen LogP contribution >= 0.6 is 0 Å². The van der Waals surface area contributed by atoms with E-state index >= 15 is 0 Å². The normalized spacial score (nSPS) is 11.8. The van der Waals surface area contributed by atoms with Gasteiger partial charge in [0.15, 0.2) is 9.84 Å². The average Bonchev–Trinajstić information content (AvgIpc) is 2.67. The summed E-state index contributed by atoms with van der Waals surface area (Å²) >= 11 is 0. The third-order valence-corrected chi connectivity index (χ3v) is 5.41. The molecule has 1 aromatic heterocycles. The van der Waals surface area contributed by atoms with Crippen LogP contribution in [0.25, 0.3) is 22.3 Å². The van der Waals surface area contributed by atoms with Crippen LogP contribution in [0.1, 0.15) is 6.92 Å². The van der Waals surface area contributed by atoms with E-state index in [0.29, 0.717) is 28.8 Å². The first-order chi connectivity index (χ1) is 13.3. The average molecular weight is 398 g/mol. The van der Waals surface area contributed by atoms with Gasteiger partial charge < -0.3 is 0 Å². The molecule has 5 nitrogen and oxygen atoms in total. The molecule has 144 valence electrons. The van der Waals surface area contributed by atoms with Crippen molar-refractivity contribution in [3.63, 3.8) is 0 Å². The fourth-order valence-electron chi connectivity index (χ4n) is 2.82. The van der Waals surface area contributed by atoms with Crippen LogP contribution in [-0.4, -0.2) is 24.5 Å². The zero-order valence-electron chi connectivity index (χ0n) is 15.5. The third kappa shape index (κ3) is 4.09. The van der Waals surface area contributed by atoms with Crippen molar-refractivity contribution in [1.82, 2.24) is 9.78 Å². The number of rotatable bonds is 5. The summed E-state index contributed by atoms with van der Waals surface area (Å²) in [5, 5.41) is 4.23. The van der Waals surface area contributed by atoms with E-state index < -0.39 is 15.7 Å². The van der Waals surface area contributed by atoms with Gasteiger partial charge in [0.25, 0.3) is 5.56 Å². The summed E-state index contributed by atoms with van der Waals surface area (Å²) in [4.78, 5) is 13.2. The van der Waals surface area contributed by atoms with Gasteiger partial charge in [-0.25, -0.2) is 17.5 Å². The SMILES string of the molecule is CC=CCn1ncc(-c2ccc(S(C)(=O)=O)cc2)c(-c2ccc(F)cc2)c1=O. The second-order valence-electron chi connectivity index (χ2n) is 6.29. The van der Waals surface area contributed by atoms with E-state index in [0.717, 1.165) is 6.26 Å². The Kier molecular flexibility index (Phi) is 5.56. The van der Waals surface area contributed by atoms with E-state index in [4.69, 9.17) is 0 Å². The van der Waals surface area contributed by atoms with Gasteiger partial charge in [0, 0.05) is 11.8 Å². The molecule has 0 aliphatic rings. The van der Waals surface area contributed by atoms with Crippen molar-refractivity contribution in [1.29, 1.82) is 0 Å². The van der Waals surface area contributed by atoms with Crippen molar-refractivity contribution in [3.8, 4) is 22.3 Å². The van der Waals surface area contributed by atoms with Crippen molar-refractivity contribution in [2.75, 3.05) is 6.26 Å². The van der Waals surface area contributed by atoms with Crippen molar-refractivity contribution in [2.24, 2.45) is 0 Å². The highest BCUT2D eigenvalue weighted by Crippen LogP contribution is 2.29. The van der Waals surface area contributed by atoms with Gasteiger partial charge in [-0.1, -0.05) is 36.4 Å². The van der Waals surface area contributed by atoms with Gasteiger partial charge in [0.1, 0.15) is 5.82 Å². The van der Waals surface area contributed by atoms with Crippen LogP contribution in [0.3, 0.4) is 0 Å². The molecule has 0 fully saturated rings. The van der Waals surface area contributed by atoms with Gasteiger partial charge in [-0.15, -0.1) is 0 Å². The summed E-state index contributed by atoms with van der Waals surface area (Å²) in [5.41, 5.74) is 1.83. The standard InChI is InChI=1S/C21H19FN2O3S/c1-3-4-13-24-21(25)20(16-5-9-17(22)10-6-16)19(14-23-24)15-7-11-18(12-8-15)28(2,26)27/h3-12,14H,13H2,1-2H3. The van der Waals surface area contributed by atoms with Crippen LogP contribution in [0.4, 0.5) is 4.39 Å². The second-order valence-corrected chi connectivity index (χ2v) is 8.31. The number of hydrogen-bond acceptors (Lipinski definition) is 4. The lowest BCUT2D eigenvalue weighted by Crippen LogP contribution is -2.24. The Balaban J connectivity index is 2.21. The highest BCUT2D eigenvalue weighted by atomic mass is 32.2. The zero-order chi connectivity index (χ0) is 20.3. The molecule has 0 amide bonds. The van der Waals surface area contributed by atoms with Gasteiger partial charge >= 0.3 is 0 Å². The Morgan fingerprint density at radius 2 is 1.64 bits per heavy atom. The van der Waals surface area contributed by atoms with E-state index in [1.54, 1.807) is 30.5 Å². The van der Waals surface area contributed by atoms with Crippen LogP contribution < -0.4 is 5.56 Å². The van der Waals surface area contributed by atoms with Crippen LogP contribution in [0, 0.1) is 5.82 Å². The Labute approximate surface area is 162 Å². The Morgan fingerprint density at radius 1 is 1.04 bits per heavy atom. The molecule has 0 unspecified atom stereocenters. The predicted molar refractivity (Wildman–Crippen MR) is 107 cm³/mol. The summed E-state index contributed by atoms with van der Waals surface area (Å²) in [6.07, 6.45) is 6.34. The number of hydrogen-bond donors (Lipinski definition) is 0. The molecule has 0 aliphatic heterocycles. The molecule has 0 saturated heterocycles. The maximum absolute atomic E-state index is 13.4. The van der Waals surface area contributed by atoms with E-state index in [1.807, 2.05) is 19.1 Å². The molecule has 0 saturated carbocycles. The first-order valence-electron chi connectivity index (χ1n) is 8.59. The molecule has 0 spiro atoms. The summed E-state index contributed by atoms with van der Waals surface area (Å²) in [6.45, 7) is 2.17. The minimum atomic E-state index is -3.32. The molecule has 1 heterocycles. The van der Waals surface area contributed by atoms with Crippen LogP contribution in [-0.2, 0) is 16.4 Å². The summed E-state index contributed by atoms with van der Waals surface area (Å²) in [5.74, 6) is -0.397. The number of nitrogens with zero attached hydrogens (tertiary/aromatic N) is 2. The number of aromatic nitrogens is 2. The first kappa shape index (κ1) is 19.7. The summed E-state index contributed by atoms with van der Waals surface area (Å²) in [7, 11) is -3.32. The van der Waals surface area contributed by atoms with Gasteiger partial charge in [-0.2, -0.15) is 5.10 Å². The molecule has 0 atom stereocenters. The molecule has 0 bridgehead atoms. The smallest absolute Gasteiger partial charge is 0.267 e. The maximum Gasteiger partial charge on any atom is 0.275 e.